The lowest BCUT2D eigenvalue weighted by Gasteiger charge is -2.39. The van der Waals surface area contributed by atoms with Crippen molar-refractivity contribution in [1.82, 2.24) is 25.0 Å². The summed E-state index contributed by atoms with van der Waals surface area (Å²) in [6.45, 7) is 8.11. The highest BCUT2D eigenvalue weighted by Crippen LogP contribution is 2.37. The van der Waals surface area contributed by atoms with Gasteiger partial charge < -0.3 is 35.2 Å². The maximum absolute atomic E-state index is 13.8. The van der Waals surface area contributed by atoms with Crippen molar-refractivity contribution in [3.63, 3.8) is 0 Å². The van der Waals surface area contributed by atoms with Crippen molar-refractivity contribution in [3.8, 4) is 0 Å². The molecular weight excluding hydrogens is 622 g/mol. The van der Waals surface area contributed by atoms with Gasteiger partial charge in [-0.3, -0.25) is 4.79 Å². The number of amides is 1. The summed E-state index contributed by atoms with van der Waals surface area (Å²) in [5.41, 5.74) is 6.21. The average Bonchev–Trinajstić information content (AvgIpc) is 3.63. The van der Waals surface area contributed by atoms with E-state index in [1.165, 1.54) is 34.3 Å². The molecule has 2 fully saturated rings. The number of nitrogens with two attached hydrogens (primary N) is 2. The number of carbonyl (C=O) groups excluding carboxylic acids is 1. The Hall–Kier alpha value is -1.74. The predicted molar refractivity (Wildman–Crippen MR) is 161 cm³/mol. The number of allylic oxidation sites excluding steroid dienone is 1. The van der Waals surface area contributed by atoms with Gasteiger partial charge in [0.1, 0.15) is 29.2 Å². The van der Waals surface area contributed by atoms with E-state index in [4.69, 9.17) is 37.4 Å². The van der Waals surface area contributed by atoms with E-state index in [-0.39, 0.29) is 30.7 Å². The molecule has 1 saturated carbocycles. The fourth-order valence-corrected chi connectivity index (χ4v) is 6.21. The van der Waals surface area contributed by atoms with Gasteiger partial charge in [-0.25, -0.2) is 10.5 Å². The smallest absolute Gasteiger partial charge is 0.271 e. The molecule has 0 aromatic carbocycles. The molecule has 2 aliphatic heterocycles. The van der Waals surface area contributed by atoms with E-state index in [0.717, 1.165) is 15.9 Å². The van der Waals surface area contributed by atoms with Gasteiger partial charge in [0, 0.05) is 41.8 Å². The van der Waals surface area contributed by atoms with E-state index in [9.17, 15) is 4.79 Å². The highest BCUT2D eigenvalue weighted by atomic mass is 79.9. The first-order valence-corrected chi connectivity index (χ1v) is 15.4. The van der Waals surface area contributed by atoms with E-state index >= 15 is 0 Å². The van der Waals surface area contributed by atoms with Gasteiger partial charge in [0.05, 0.1) is 25.5 Å². The molecule has 40 heavy (non-hydrogen) atoms. The summed E-state index contributed by atoms with van der Waals surface area (Å²) in [6.07, 6.45) is 6.87. The van der Waals surface area contributed by atoms with Crippen molar-refractivity contribution in [2.45, 2.75) is 63.4 Å². The van der Waals surface area contributed by atoms with Crippen LogP contribution in [0.2, 0.25) is 5.15 Å². The Labute approximate surface area is 253 Å². The number of methoxy groups -OCH3 is 1. The molecule has 3 heterocycles. The molecule has 3 unspecified atom stereocenters. The third-order valence-electron chi connectivity index (χ3n) is 6.93. The fraction of sp³-hybridized carbons (Fsp3) is 0.615. The number of dihydropyridines is 1. The van der Waals surface area contributed by atoms with Crippen LogP contribution in [0.3, 0.4) is 0 Å². The Morgan fingerprint density at radius 2 is 2.20 bits per heavy atom. The first kappa shape index (κ1) is 31.2. The van der Waals surface area contributed by atoms with Crippen LogP contribution in [0, 0.1) is 5.92 Å². The monoisotopic (exact) mass is 659 g/mol. The van der Waals surface area contributed by atoms with Crippen molar-refractivity contribution >= 4 is 51.0 Å². The van der Waals surface area contributed by atoms with E-state index in [1.807, 2.05) is 17.9 Å². The molecule has 0 spiro atoms. The lowest BCUT2D eigenvalue weighted by Crippen LogP contribution is -2.50. The number of nitrogens with zero attached hydrogens (tertiary/aromatic N) is 4. The normalized spacial score (nSPS) is 22.9. The van der Waals surface area contributed by atoms with E-state index < -0.39 is 11.5 Å². The van der Waals surface area contributed by atoms with Gasteiger partial charge in [0.25, 0.3) is 5.91 Å². The van der Waals surface area contributed by atoms with E-state index in [0.29, 0.717) is 35.7 Å². The molecule has 1 amide bonds. The molecule has 0 bridgehead atoms. The van der Waals surface area contributed by atoms with E-state index in [2.05, 4.69) is 40.2 Å². The highest BCUT2D eigenvalue weighted by molar-refractivity contribution is 9.11. The molecule has 0 radical (unpaired) electrons. The molecule has 11 nitrogen and oxygen atoms in total. The Morgan fingerprint density at radius 3 is 2.75 bits per heavy atom. The number of carbonyl (C=O) groups is 1. The summed E-state index contributed by atoms with van der Waals surface area (Å²) in [4.78, 5) is 16.5. The van der Waals surface area contributed by atoms with Crippen LogP contribution >= 0.6 is 39.3 Å². The maximum atomic E-state index is 13.8. The molecule has 222 valence electrons. The van der Waals surface area contributed by atoms with Crippen LogP contribution in [0.25, 0.3) is 5.82 Å². The van der Waals surface area contributed by atoms with Crippen LogP contribution in [0.4, 0.5) is 0 Å². The van der Waals surface area contributed by atoms with Crippen LogP contribution in [0.1, 0.15) is 33.6 Å². The van der Waals surface area contributed by atoms with Gasteiger partial charge in [-0.2, -0.15) is 5.10 Å². The van der Waals surface area contributed by atoms with Crippen LogP contribution in [0.5, 0.6) is 0 Å². The minimum atomic E-state index is -0.508. The number of hydrogen-bond acceptors (Lipinski definition) is 10. The van der Waals surface area contributed by atoms with Gasteiger partial charge in [-0.15, -0.1) is 0 Å². The standard InChI is InChI=1S/C26H39BrClN7O4S/c1-15(2)34(11-17-5-6-17)25(36)24-21(9-18(27)10-31-24)40-26(39-20-14-38-16(20)3)19(37-4)12-33(30)13-23(29)35-8-7-22(28)32-35/h7-9,13,15-17,19-20,26,31H,5-6,10-12,14,29-30H2,1-4H3/b23-13+/t16?,19-,20?,26?/m0/s1. The Morgan fingerprint density at radius 1 is 1.45 bits per heavy atom. The molecule has 14 heteroatoms. The van der Waals surface area contributed by atoms with Crippen molar-refractivity contribution in [3.05, 3.63) is 44.8 Å². The molecular formula is C26H39BrClN7O4S. The summed E-state index contributed by atoms with van der Waals surface area (Å²) in [5.74, 6) is 7.18. The average molecular weight is 661 g/mol. The summed E-state index contributed by atoms with van der Waals surface area (Å²) < 4.78 is 20.3. The van der Waals surface area contributed by atoms with Gasteiger partial charge >= 0.3 is 0 Å². The van der Waals surface area contributed by atoms with Crippen LogP contribution in [0.15, 0.2) is 39.6 Å². The second-order valence-corrected chi connectivity index (χ2v) is 13.0. The maximum Gasteiger partial charge on any atom is 0.271 e. The first-order valence-electron chi connectivity index (χ1n) is 13.4. The molecule has 1 saturated heterocycles. The third-order valence-corrected chi connectivity index (χ3v) is 8.87. The van der Waals surface area contributed by atoms with Crippen LogP contribution in [-0.4, -0.2) is 88.7 Å². The molecule has 3 aliphatic rings. The molecule has 5 N–H and O–H groups in total. The zero-order valence-electron chi connectivity index (χ0n) is 23.3. The number of hydrazine groups is 1. The first-order chi connectivity index (χ1) is 19.0. The largest absolute Gasteiger partial charge is 0.382 e. The topological polar surface area (TPSA) is 133 Å². The number of ether oxygens (including phenoxy) is 3. The fourth-order valence-electron chi connectivity index (χ4n) is 4.26. The number of aromatic nitrogens is 2. The van der Waals surface area contributed by atoms with Gasteiger partial charge in [-0.05, 0) is 51.7 Å². The molecule has 1 aromatic heterocycles. The summed E-state index contributed by atoms with van der Waals surface area (Å²) >= 11 is 11.0. The zero-order valence-corrected chi connectivity index (χ0v) is 26.4. The van der Waals surface area contributed by atoms with Gasteiger partial charge in [-0.1, -0.05) is 39.3 Å². The molecule has 1 aromatic rings. The quantitative estimate of drug-likeness (QED) is 0.155. The van der Waals surface area contributed by atoms with Crippen molar-refractivity contribution in [2.75, 3.05) is 33.4 Å². The Balaban J connectivity index is 1.57. The summed E-state index contributed by atoms with van der Waals surface area (Å²) in [5, 5.41) is 9.18. The van der Waals surface area contributed by atoms with Crippen molar-refractivity contribution in [2.24, 2.45) is 17.5 Å². The minimum absolute atomic E-state index is 0.0113. The van der Waals surface area contributed by atoms with Crippen molar-refractivity contribution < 1.29 is 19.0 Å². The van der Waals surface area contributed by atoms with Crippen LogP contribution in [-0.2, 0) is 19.0 Å². The molecule has 1 aliphatic carbocycles. The lowest BCUT2D eigenvalue weighted by atomic mass is 10.1. The summed E-state index contributed by atoms with van der Waals surface area (Å²) in [7, 11) is 1.61. The van der Waals surface area contributed by atoms with Crippen molar-refractivity contribution in [1.29, 1.82) is 0 Å². The number of hydrogen-bond donors (Lipinski definition) is 3. The second-order valence-electron chi connectivity index (χ2n) is 10.5. The number of halogens is 2. The Bertz CT molecular complexity index is 1140. The predicted octanol–water partition coefficient (Wildman–Crippen LogP) is 3.05. The van der Waals surface area contributed by atoms with Gasteiger partial charge in [0.2, 0.25) is 0 Å². The Kier molecular flexibility index (Phi) is 10.9. The van der Waals surface area contributed by atoms with Gasteiger partial charge in [0.15, 0.2) is 5.15 Å². The third kappa shape index (κ3) is 8.17. The molecule has 4 rings (SSSR count). The summed E-state index contributed by atoms with van der Waals surface area (Å²) in [6, 6.07) is 1.72. The number of nitrogens with one attached hydrogen (secondary N) is 1. The molecule has 4 atom stereocenters. The number of thioether (sulfide) groups is 1. The zero-order chi connectivity index (χ0) is 29.0. The van der Waals surface area contributed by atoms with Crippen LogP contribution < -0.4 is 16.9 Å². The highest BCUT2D eigenvalue weighted by Gasteiger charge is 2.37. The number of rotatable bonds is 14. The minimum Gasteiger partial charge on any atom is -0.382 e. The SMILES string of the molecule is CO[C@@H](CN(N)/C=C(\N)n1ccc(Cl)n1)C(OC1COC1C)SC1=C(C(=O)N(CC2CC2)C(C)C)NCC(Br)=C1. The second kappa shape index (κ2) is 14.0. The lowest BCUT2D eigenvalue weighted by molar-refractivity contribution is -0.198. The van der Waals surface area contributed by atoms with E-state index in [1.54, 1.807) is 25.6 Å².